The fraction of sp³-hybridized carbons (Fsp3) is 0.474. The van der Waals surface area contributed by atoms with Crippen LogP contribution >= 0.6 is 34.7 Å². The van der Waals surface area contributed by atoms with Gasteiger partial charge in [-0.15, -0.1) is 23.1 Å². The zero-order chi connectivity index (χ0) is 18.4. The van der Waals surface area contributed by atoms with E-state index in [1.54, 1.807) is 30.0 Å². The molecule has 4 nitrogen and oxygen atoms in total. The Bertz CT molecular complexity index is 892. The number of piperidine rings is 1. The van der Waals surface area contributed by atoms with Crippen molar-refractivity contribution < 1.29 is 4.79 Å². The number of carbonyl (C=O) groups is 1. The Morgan fingerprint density at radius 3 is 2.96 bits per heavy atom. The molecule has 0 radical (unpaired) electrons. The number of allylic oxidation sites excluding steroid dienone is 1. The highest BCUT2D eigenvalue weighted by Crippen LogP contribution is 2.50. The quantitative estimate of drug-likeness (QED) is 0.807. The largest absolute Gasteiger partial charge is 0.321 e. The van der Waals surface area contributed by atoms with Gasteiger partial charge in [0, 0.05) is 41.3 Å². The van der Waals surface area contributed by atoms with Crippen molar-refractivity contribution in [3.8, 4) is 0 Å². The molecule has 138 valence electrons. The summed E-state index contributed by atoms with van der Waals surface area (Å²) in [6.07, 6.45) is 1.10. The van der Waals surface area contributed by atoms with Crippen LogP contribution in [0.3, 0.4) is 0 Å². The van der Waals surface area contributed by atoms with E-state index in [-0.39, 0.29) is 5.91 Å². The van der Waals surface area contributed by atoms with Gasteiger partial charge in [-0.05, 0) is 45.0 Å². The molecule has 26 heavy (non-hydrogen) atoms. The van der Waals surface area contributed by atoms with Crippen LogP contribution in [0.5, 0.6) is 0 Å². The van der Waals surface area contributed by atoms with Gasteiger partial charge >= 0.3 is 0 Å². The molecule has 2 unspecified atom stereocenters. The lowest BCUT2D eigenvalue weighted by molar-refractivity contribution is -0.118. The number of thioether (sulfide) groups is 1. The molecule has 1 saturated heterocycles. The van der Waals surface area contributed by atoms with Crippen LogP contribution in [-0.4, -0.2) is 40.2 Å². The zero-order valence-corrected chi connectivity index (χ0v) is 17.5. The number of likely N-dealkylation sites (tertiary alicyclic amines) is 1. The minimum absolute atomic E-state index is 0.0199. The molecule has 0 bridgehead atoms. The van der Waals surface area contributed by atoms with E-state index in [2.05, 4.69) is 24.1 Å². The van der Waals surface area contributed by atoms with E-state index >= 15 is 0 Å². The van der Waals surface area contributed by atoms with Crippen molar-refractivity contribution in [1.82, 2.24) is 15.2 Å². The predicted molar refractivity (Wildman–Crippen MR) is 112 cm³/mol. The standard InChI is InChI=1S/C19H22ClN3OS2/c1-10(2)23-7-6-13-16(9-23)26-18(21-11(3)24)17(13)19-22-14-8-12(20)4-5-15(14)25-19/h4-5,8,10,13,16H,6-7,9H2,1-3H3,(H,21,24). The van der Waals surface area contributed by atoms with Crippen LogP contribution in [0.4, 0.5) is 0 Å². The van der Waals surface area contributed by atoms with Gasteiger partial charge in [0.25, 0.3) is 0 Å². The Hall–Kier alpha value is -1.08. The highest BCUT2D eigenvalue weighted by atomic mass is 35.5. The van der Waals surface area contributed by atoms with Crippen LogP contribution in [0.2, 0.25) is 5.02 Å². The molecule has 1 fully saturated rings. The number of benzene rings is 1. The van der Waals surface area contributed by atoms with E-state index in [1.165, 1.54) is 5.57 Å². The molecule has 4 rings (SSSR count). The lowest BCUT2D eigenvalue weighted by atomic mass is 9.89. The van der Waals surface area contributed by atoms with Gasteiger partial charge in [-0.3, -0.25) is 9.69 Å². The Balaban J connectivity index is 1.73. The summed E-state index contributed by atoms with van der Waals surface area (Å²) in [5, 5.41) is 6.25. The van der Waals surface area contributed by atoms with E-state index in [0.717, 1.165) is 39.8 Å². The lowest BCUT2D eigenvalue weighted by Crippen LogP contribution is -2.44. The maximum atomic E-state index is 11.8. The number of halogens is 1. The minimum atomic E-state index is -0.0199. The molecule has 3 heterocycles. The van der Waals surface area contributed by atoms with Crippen LogP contribution in [0.1, 0.15) is 32.2 Å². The first-order valence-corrected chi connectivity index (χ1v) is 11.0. The zero-order valence-electron chi connectivity index (χ0n) is 15.1. The van der Waals surface area contributed by atoms with Gasteiger partial charge in [-0.25, -0.2) is 4.98 Å². The molecule has 0 aliphatic carbocycles. The van der Waals surface area contributed by atoms with Crippen LogP contribution in [-0.2, 0) is 4.79 Å². The summed E-state index contributed by atoms with van der Waals surface area (Å²) in [7, 11) is 0. The Kier molecular flexibility index (Phi) is 5.03. The fourth-order valence-electron chi connectivity index (χ4n) is 3.77. The molecule has 1 aromatic carbocycles. The smallest absolute Gasteiger partial charge is 0.221 e. The summed E-state index contributed by atoms with van der Waals surface area (Å²) in [4.78, 5) is 19.2. The van der Waals surface area contributed by atoms with Crippen molar-refractivity contribution in [2.75, 3.05) is 13.1 Å². The number of hydrogen-bond acceptors (Lipinski definition) is 5. The third kappa shape index (κ3) is 3.40. The van der Waals surface area contributed by atoms with Gasteiger partial charge < -0.3 is 5.32 Å². The molecular weight excluding hydrogens is 386 g/mol. The Morgan fingerprint density at radius 2 is 2.23 bits per heavy atom. The highest BCUT2D eigenvalue weighted by Gasteiger charge is 2.42. The highest BCUT2D eigenvalue weighted by molar-refractivity contribution is 8.04. The summed E-state index contributed by atoms with van der Waals surface area (Å²) in [5.74, 6) is 0.418. The van der Waals surface area contributed by atoms with Gasteiger partial charge in [-0.1, -0.05) is 11.6 Å². The number of aromatic nitrogens is 1. The third-order valence-corrected chi connectivity index (χ3v) is 7.72. The van der Waals surface area contributed by atoms with Gasteiger partial charge in [-0.2, -0.15) is 0 Å². The number of fused-ring (bicyclic) bond motifs is 2. The number of hydrogen-bond donors (Lipinski definition) is 1. The minimum Gasteiger partial charge on any atom is -0.321 e. The van der Waals surface area contributed by atoms with Crippen molar-refractivity contribution in [3.05, 3.63) is 33.3 Å². The Morgan fingerprint density at radius 1 is 1.42 bits per heavy atom. The van der Waals surface area contributed by atoms with Crippen LogP contribution in [0.15, 0.2) is 23.2 Å². The van der Waals surface area contributed by atoms with E-state index < -0.39 is 0 Å². The predicted octanol–water partition coefficient (Wildman–Crippen LogP) is 4.60. The van der Waals surface area contributed by atoms with E-state index in [1.807, 2.05) is 18.2 Å². The average Bonchev–Trinajstić information content (AvgIpc) is 3.12. The molecule has 1 amide bonds. The van der Waals surface area contributed by atoms with Gasteiger partial charge in [0.2, 0.25) is 5.91 Å². The SMILES string of the molecule is CC(=O)NC1=C(c2nc3cc(Cl)ccc3s2)C2CCN(C(C)C)CC2S1. The van der Waals surface area contributed by atoms with Gasteiger partial charge in [0.05, 0.1) is 15.2 Å². The van der Waals surface area contributed by atoms with Crippen LogP contribution < -0.4 is 5.32 Å². The molecule has 0 spiro atoms. The first-order valence-electron chi connectivity index (χ1n) is 8.91. The maximum Gasteiger partial charge on any atom is 0.221 e. The van der Waals surface area contributed by atoms with Crippen molar-refractivity contribution in [2.24, 2.45) is 5.92 Å². The normalized spacial score (nSPS) is 23.7. The maximum absolute atomic E-state index is 11.8. The molecule has 7 heteroatoms. The van der Waals surface area contributed by atoms with E-state index in [4.69, 9.17) is 16.6 Å². The number of thiazole rings is 1. The van der Waals surface area contributed by atoms with Crippen molar-refractivity contribution in [3.63, 3.8) is 0 Å². The first kappa shape index (κ1) is 18.3. The molecular formula is C19H22ClN3OS2. The van der Waals surface area contributed by atoms with E-state index in [0.29, 0.717) is 22.2 Å². The molecule has 2 aliphatic rings. The molecule has 1 aromatic heterocycles. The number of rotatable bonds is 3. The summed E-state index contributed by atoms with van der Waals surface area (Å²) < 4.78 is 1.13. The van der Waals surface area contributed by atoms with Crippen LogP contribution in [0, 0.1) is 5.92 Å². The molecule has 1 N–H and O–H groups in total. The third-order valence-electron chi connectivity index (χ3n) is 5.08. The lowest BCUT2D eigenvalue weighted by Gasteiger charge is -2.37. The summed E-state index contributed by atoms with van der Waals surface area (Å²) >= 11 is 9.63. The molecule has 2 aromatic rings. The first-order chi connectivity index (χ1) is 12.4. The fourth-order valence-corrected chi connectivity index (χ4v) is 6.65. The summed E-state index contributed by atoms with van der Waals surface area (Å²) in [5.41, 5.74) is 2.15. The van der Waals surface area contributed by atoms with Crippen LogP contribution in [0.25, 0.3) is 15.8 Å². The number of carbonyl (C=O) groups excluding carboxylic acids is 1. The molecule has 2 atom stereocenters. The van der Waals surface area contributed by atoms with Crippen molar-refractivity contribution in [2.45, 2.75) is 38.5 Å². The second-order valence-electron chi connectivity index (χ2n) is 7.20. The number of nitrogens with zero attached hydrogens (tertiary/aromatic N) is 2. The van der Waals surface area contributed by atoms with Crippen molar-refractivity contribution in [1.29, 1.82) is 0 Å². The summed E-state index contributed by atoms with van der Waals surface area (Å²) in [6.45, 7) is 8.22. The summed E-state index contributed by atoms with van der Waals surface area (Å²) in [6, 6.07) is 6.39. The monoisotopic (exact) mass is 407 g/mol. The Labute approximate surface area is 167 Å². The molecule has 2 aliphatic heterocycles. The number of nitrogens with one attached hydrogen (secondary N) is 1. The second kappa shape index (κ2) is 7.15. The number of amides is 1. The molecule has 0 saturated carbocycles. The topological polar surface area (TPSA) is 45.2 Å². The average molecular weight is 408 g/mol. The van der Waals surface area contributed by atoms with Gasteiger partial charge in [0.15, 0.2) is 0 Å². The van der Waals surface area contributed by atoms with Gasteiger partial charge in [0.1, 0.15) is 5.01 Å². The second-order valence-corrected chi connectivity index (χ2v) is 9.91. The van der Waals surface area contributed by atoms with E-state index in [9.17, 15) is 4.79 Å². The van der Waals surface area contributed by atoms with Crippen molar-refractivity contribution >= 4 is 56.4 Å².